The molecule has 1 saturated heterocycles. The fourth-order valence-corrected chi connectivity index (χ4v) is 2.47. The van der Waals surface area contributed by atoms with Crippen LogP contribution in [-0.2, 0) is 0 Å². The molecule has 2 nitrogen and oxygen atoms in total. The highest BCUT2D eigenvalue weighted by Gasteiger charge is 2.34. The molecule has 2 heteroatoms. The number of nitrogens with one attached hydrogen (secondary N) is 1. The van der Waals surface area contributed by atoms with Crippen molar-refractivity contribution in [2.75, 3.05) is 26.2 Å². The highest BCUT2D eigenvalue weighted by atomic mass is 15.2. The third kappa shape index (κ3) is 2.96. The largest absolute Gasteiger partial charge is 0.311 e. The van der Waals surface area contributed by atoms with Gasteiger partial charge in [0.25, 0.3) is 0 Å². The smallest absolute Gasteiger partial charge is 0.0223 e. The van der Waals surface area contributed by atoms with E-state index < -0.39 is 0 Å². The average molecular weight is 196 g/mol. The molecule has 0 aromatic rings. The van der Waals surface area contributed by atoms with Crippen LogP contribution in [0.5, 0.6) is 0 Å². The molecular formula is C12H24N2. The Morgan fingerprint density at radius 1 is 1.29 bits per heavy atom. The molecule has 0 aromatic heterocycles. The summed E-state index contributed by atoms with van der Waals surface area (Å²) in [7, 11) is 0. The predicted molar refractivity (Wildman–Crippen MR) is 60.4 cm³/mol. The van der Waals surface area contributed by atoms with Gasteiger partial charge in [-0.1, -0.05) is 20.8 Å². The maximum Gasteiger partial charge on any atom is 0.0223 e. The minimum absolute atomic E-state index is 0.450. The molecule has 1 unspecified atom stereocenters. The molecule has 82 valence electrons. The Morgan fingerprint density at radius 2 is 2.00 bits per heavy atom. The summed E-state index contributed by atoms with van der Waals surface area (Å²) >= 11 is 0. The number of rotatable bonds is 2. The van der Waals surface area contributed by atoms with Crippen LogP contribution >= 0.6 is 0 Å². The van der Waals surface area contributed by atoms with E-state index in [0.29, 0.717) is 5.41 Å². The lowest BCUT2D eigenvalue weighted by atomic mass is 9.95. The van der Waals surface area contributed by atoms with Gasteiger partial charge in [0.15, 0.2) is 0 Å². The van der Waals surface area contributed by atoms with E-state index in [1.54, 1.807) is 0 Å². The van der Waals surface area contributed by atoms with Gasteiger partial charge in [-0.25, -0.2) is 0 Å². The fourth-order valence-electron chi connectivity index (χ4n) is 2.47. The van der Waals surface area contributed by atoms with Crippen LogP contribution in [-0.4, -0.2) is 37.1 Å². The van der Waals surface area contributed by atoms with Gasteiger partial charge in [0.2, 0.25) is 0 Å². The van der Waals surface area contributed by atoms with Crippen molar-refractivity contribution < 1.29 is 0 Å². The molecule has 1 aliphatic heterocycles. The number of hydrogen-bond acceptors (Lipinski definition) is 2. The number of nitrogens with zero attached hydrogens (tertiary/aromatic N) is 1. The van der Waals surface area contributed by atoms with Crippen molar-refractivity contribution in [1.82, 2.24) is 10.2 Å². The van der Waals surface area contributed by atoms with E-state index in [4.69, 9.17) is 0 Å². The van der Waals surface area contributed by atoms with Gasteiger partial charge in [-0.15, -0.1) is 0 Å². The first-order chi connectivity index (χ1) is 6.54. The molecule has 2 aliphatic rings. The Morgan fingerprint density at radius 3 is 2.57 bits per heavy atom. The summed E-state index contributed by atoms with van der Waals surface area (Å²) in [5, 5.41) is 3.66. The molecule has 0 amide bonds. The third-order valence-corrected chi connectivity index (χ3v) is 3.18. The van der Waals surface area contributed by atoms with Crippen LogP contribution in [0.2, 0.25) is 0 Å². The quantitative estimate of drug-likeness (QED) is 0.723. The molecule has 2 fully saturated rings. The van der Waals surface area contributed by atoms with Crippen molar-refractivity contribution in [2.24, 2.45) is 11.3 Å². The first kappa shape index (κ1) is 10.4. The SMILES string of the molecule is CC(C)(C)CN1CCNC(C2CC2)C1. The summed E-state index contributed by atoms with van der Waals surface area (Å²) in [4.78, 5) is 2.64. The molecule has 0 spiro atoms. The van der Waals surface area contributed by atoms with E-state index in [1.165, 1.54) is 39.0 Å². The van der Waals surface area contributed by atoms with Crippen LogP contribution in [0.4, 0.5) is 0 Å². The van der Waals surface area contributed by atoms with Crippen molar-refractivity contribution in [3.8, 4) is 0 Å². The molecular weight excluding hydrogens is 172 g/mol. The lowest BCUT2D eigenvalue weighted by Gasteiger charge is -2.37. The Labute approximate surface area is 88.1 Å². The zero-order valence-corrected chi connectivity index (χ0v) is 9.84. The first-order valence-electron chi connectivity index (χ1n) is 6.00. The minimum atomic E-state index is 0.450. The standard InChI is InChI=1S/C12H24N2/c1-12(2,3)9-14-7-6-13-11(8-14)10-4-5-10/h10-11,13H,4-9H2,1-3H3. The Kier molecular flexibility index (Phi) is 2.85. The van der Waals surface area contributed by atoms with Crippen molar-refractivity contribution in [2.45, 2.75) is 39.7 Å². The van der Waals surface area contributed by atoms with Gasteiger partial charge in [-0.05, 0) is 24.2 Å². The fraction of sp³-hybridized carbons (Fsp3) is 1.00. The molecule has 0 aromatic carbocycles. The van der Waals surface area contributed by atoms with E-state index in [2.05, 4.69) is 31.0 Å². The summed E-state index contributed by atoms with van der Waals surface area (Å²) in [6.07, 6.45) is 2.92. The summed E-state index contributed by atoms with van der Waals surface area (Å²) in [6.45, 7) is 12.0. The second kappa shape index (κ2) is 3.82. The topological polar surface area (TPSA) is 15.3 Å². The molecule has 0 radical (unpaired) electrons. The van der Waals surface area contributed by atoms with Gasteiger partial charge in [-0.3, -0.25) is 4.90 Å². The highest BCUT2D eigenvalue weighted by Crippen LogP contribution is 2.34. The molecule has 0 bridgehead atoms. The highest BCUT2D eigenvalue weighted by molar-refractivity contribution is 4.91. The summed E-state index contributed by atoms with van der Waals surface area (Å²) in [5.74, 6) is 0.998. The summed E-state index contributed by atoms with van der Waals surface area (Å²) < 4.78 is 0. The molecule has 1 heterocycles. The van der Waals surface area contributed by atoms with Crippen LogP contribution in [0.3, 0.4) is 0 Å². The van der Waals surface area contributed by atoms with E-state index in [-0.39, 0.29) is 0 Å². The second-order valence-corrected chi connectivity index (χ2v) is 6.19. The van der Waals surface area contributed by atoms with E-state index >= 15 is 0 Å². The Balaban J connectivity index is 1.81. The van der Waals surface area contributed by atoms with Gasteiger partial charge in [-0.2, -0.15) is 0 Å². The minimum Gasteiger partial charge on any atom is -0.311 e. The summed E-state index contributed by atoms with van der Waals surface area (Å²) in [6, 6.07) is 0.797. The lowest BCUT2D eigenvalue weighted by molar-refractivity contribution is 0.139. The van der Waals surface area contributed by atoms with E-state index in [0.717, 1.165) is 12.0 Å². The van der Waals surface area contributed by atoms with Crippen molar-refractivity contribution in [3.05, 3.63) is 0 Å². The van der Waals surface area contributed by atoms with Gasteiger partial charge in [0, 0.05) is 32.2 Å². The van der Waals surface area contributed by atoms with Crippen LogP contribution in [0.15, 0.2) is 0 Å². The van der Waals surface area contributed by atoms with Crippen LogP contribution in [0.1, 0.15) is 33.6 Å². The monoisotopic (exact) mass is 196 g/mol. The average Bonchev–Trinajstić information content (AvgIpc) is 2.83. The van der Waals surface area contributed by atoms with Crippen molar-refractivity contribution in [1.29, 1.82) is 0 Å². The predicted octanol–water partition coefficient (Wildman–Crippen LogP) is 1.72. The van der Waals surface area contributed by atoms with E-state index in [9.17, 15) is 0 Å². The van der Waals surface area contributed by atoms with Gasteiger partial charge >= 0.3 is 0 Å². The van der Waals surface area contributed by atoms with Crippen LogP contribution in [0.25, 0.3) is 0 Å². The molecule has 1 aliphatic carbocycles. The molecule has 2 rings (SSSR count). The zero-order valence-electron chi connectivity index (χ0n) is 9.84. The third-order valence-electron chi connectivity index (χ3n) is 3.18. The van der Waals surface area contributed by atoms with E-state index in [1.807, 2.05) is 0 Å². The summed E-state index contributed by atoms with van der Waals surface area (Å²) in [5.41, 5.74) is 0.450. The van der Waals surface area contributed by atoms with Crippen molar-refractivity contribution in [3.63, 3.8) is 0 Å². The van der Waals surface area contributed by atoms with Crippen LogP contribution < -0.4 is 5.32 Å². The normalized spacial score (nSPS) is 30.6. The first-order valence-corrected chi connectivity index (χ1v) is 6.00. The maximum absolute atomic E-state index is 3.66. The second-order valence-electron chi connectivity index (χ2n) is 6.19. The molecule has 14 heavy (non-hydrogen) atoms. The van der Waals surface area contributed by atoms with Gasteiger partial charge in [0.05, 0.1) is 0 Å². The number of piperazine rings is 1. The lowest BCUT2D eigenvalue weighted by Crippen LogP contribution is -2.53. The van der Waals surface area contributed by atoms with Crippen molar-refractivity contribution >= 4 is 0 Å². The van der Waals surface area contributed by atoms with Gasteiger partial charge in [0.1, 0.15) is 0 Å². The molecule has 1 atom stereocenters. The number of hydrogen-bond donors (Lipinski definition) is 1. The Bertz CT molecular complexity index is 191. The van der Waals surface area contributed by atoms with Crippen LogP contribution in [0, 0.1) is 11.3 Å². The Hall–Kier alpha value is -0.0800. The maximum atomic E-state index is 3.66. The molecule has 1 N–H and O–H groups in total. The molecule has 1 saturated carbocycles. The van der Waals surface area contributed by atoms with Gasteiger partial charge < -0.3 is 5.32 Å². The zero-order chi connectivity index (χ0) is 10.2.